The Morgan fingerprint density at radius 2 is 1.88 bits per heavy atom. The standard InChI is InChI=1S/C11H14O4S/c1-9-6-14-8-10-2-4-11(5-3-10)16(12,13)15-7-9/h2-5,9H,6-8H2,1H3. The molecule has 0 saturated heterocycles. The molecule has 0 fully saturated rings. The SMILES string of the molecule is CC1COCc2ccc(cc2)S(=O)(=O)OC1. The zero-order valence-corrected chi connectivity index (χ0v) is 9.87. The Hall–Kier alpha value is -0.910. The lowest BCUT2D eigenvalue weighted by molar-refractivity contribution is 0.0758. The average Bonchev–Trinajstić information content (AvgIpc) is 2.30. The summed E-state index contributed by atoms with van der Waals surface area (Å²) in [5, 5.41) is 0. The van der Waals surface area contributed by atoms with Gasteiger partial charge in [0.15, 0.2) is 0 Å². The first-order valence-corrected chi connectivity index (χ1v) is 6.55. The molecular formula is C11H14O4S. The predicted molar refractivity (Wildman–Crippen MR) is 58.4 cm³/mol. The average molecular weight is 242 g/mol. The van der Waals surface area contributed by atoms with Crippen LogP contribution in [0.3, 0.4) is 0 Å². The van der Waals surface area contributed by atoms with Crippen LogP contribution in [0.15, 0.2) is 29.2 Å². The van der Waals surface area contributed by atoms with Gasteiger partial charge in [-0.1, -0.05) is 19.1 Å². The Kier molecular flexibility index (Phi) is 3.28. The molecule has 16 heavy (non-hydrogen) atoms. The van der Waals surface area contributed by atoms with Crippen LogP contribution >= 0.6 is 0 Å². The number of ether oxygens (including phenoxy) is 1. The molecule has 0 aromatic heterocycles. The first-order chi connectivity index (χ1) is 7.58. The molecule has 2 heterocycles. The normalized spacial score (nSPS) is 24.9. The largest absolute Gasteiger partial charge is 0.376 e. The van der Waals surface area contributed by atoms with Gasteiger partial charge in [0.05, 0.1) is 24.7 Å². The van der Waals surface area contributed by atoms with E-state index in [1.807, 2.05) is 6.92 Å². The second-order valence-electron chi connectivity index (χ2n) is 4.00. The molecule has 0 radical (unpaired) electrons. The summed E-state index contributed by atoms with van der Waals surface area (Å²) in [6.07, 6.45) is 0. The molecule has 1 aromatic carbocycles. The second-order valence-corrected chi connectivity index (χ2v) is 5.62. The predicted octanol–water partition coefficient (Wildman–Crippen LogP) is 1.56. The van der Waals surface area contributed by atoms with Crippen molar-refractivity contribution in [3.8, 4) is 0 Å². The highest BCUT2D eigenvalue weighted by molar-refractivity contribution is 7.86. The summed E-state index contributed by atoms with van der Waals surface area (Å²) in [4.78, 5) is 0.199. The summed E-state index contributed by atoms with van der Waals surface area (Å²) in [6, 6.07) is 6.58. The lowest BCUT2D eigenvalue weighted by Crippen LogP contribution is -2.15. The first-order valence-electron chi connectivity index (χ1n) is 5.14. The van der Waals surface area contributed by atoms with Crippen molar-refractivity contribution in [3.05, 3.63) is 29.8 Å². The maximum atomic E-state index is 11.7. The van der Waals surface area contributed by atoms with Crippen LogP contribution in [-0.4, -0.2) is 21.6 Å². The van der Waals surface area contributed by atoms with Gasteiger partial charge in [-0.05, 0) is 17.7 Å². The van der Waals surface area contributed by atoms with Gasteiger partial charge in [-0.3, -0.25) is 4.18 Å². The van der Waals surface area contributed by atoms with E-state index in [1.54, 1.807) is 24.3 Å². The topological polar surface area (TPSA) is 52.6 Å². The van der Waals surface area contributed by atoms with Crippen molar-refractivity contribution in [1.29, 1.82) is 0 Å². The smallest absolute Gasteiger partial charge is 0.296 e. The summed E-state index contributed by atoms with van der Waals surface area (Å²) in [7, 11) is -3.61. The molecule has 0 N–H and O–H groups in total. The van der Waals surface area contributed by atoms with Gasteiger partial charge in [0.2, 0.25) is 0 Å². The maximum absolute atomic E-state index is 11.7. The number of hydrogen-bond donors (Lipinski definition) is 0. The maximum Gasteiger partial charge on any atom is 0.296 e. The van der Waals surface area contributed by atoms with Crippen molar-refractivity contribution >= 4 is 10.1 Å². The van der Waals surface area contributed by atoms with Gasteiger partial charge in [0.1, 0.15) is 0 Å². The minimum absolute atomic E-state index is 0.0634. The summed E-state index contributed by atoms with van der Waals surface area (Å²) in [5.74, 6) is 0.0634. The van der Waals surface area contributed by atoms with Crippen molar-refractivity contribution in [2.24, 2.45) is 5.92 Å². The lowest BCUT2D eigenvalue weighted by atomic mass is 10.2. The van der Waals surface area contributed by atoms with Crippen LogP contribution in [0, 0.1) is 5.92 Å². The van der Waals surface area contributed by atoms with E-state index in [2.05, 4.69) is 0 Å². The van der Waals surface area contributed by atoms with E-state index < -0.39 is 10.1 Å². The zero-order chi connectivity index (χ0) is 11.6. The van der Waals surface area contributed by atoms with Crippen molar-refractivity contribution < 1.29 is 17.3 Å². The van der Waals surface area contributed by atoms with E-state index in [1.165, 1.54) is 0 Å². The molecule has 1 aromatic rings. The Labute approximate surface area is 95.3 Å². The molecule has 4 nitrogen and oxygen atoms in total. The highest BCUT2D eigenvalue weighted by atomic mass is 32.2. The highest BCUT2D eigenvalue weighted by Gasteiger charge is 2.17. The fourth-order valence-electron chi connectivity index (χ4n) is 1.45. The Morgan fingerprint density at radius 3 is 2.56 bits per heavy atom. The van der Waals surface area contributed by atoms with Gasteiger partial charge >= 0.3 is 0 Å². The molecule has 0 spiro atoms. The van der Waals surface area contributed by atoms with E-state index in [9.17, 15) is 8.42 Å². The van der Waals surface area contributed by atoms with Gasteiger partial charge in [-0.15, -0.1) is 0 Å². The van der Waals surface area contributed by atoms with Crippen molar-refractivity contribution in [2.75, 3.05) is 13.2 Å². The lowest BCUT2D eigenvalue weighted by Gasteiger charge is -2.10. The molecule has 1 atom stereocenters. The molecule has 0 aliphatic carbocycles. The van der Waals surface area contributed by atoms with Crippen LogP contribution in [0.5, 0.6) is 0 Å². The molecule has 88 valence electrons. The van der Waals surface area contributed by atoms with Crippen LogP contribution < -0.4 is 0 Å². The summed E-state index contributed by atoms with van der Waals surface area (Å²) in [5.41, 5.74) is 0.966. The molecule has 2 aliphatic heterocycles. The van der Waals surface area contributed by atoms with E-state index in [4.69, 9.17) is 8.92 Å². The third-order valence-corrected chi connectivity index (χ3v) is 3.69. The number of rotatable bonds is 0. The van der Waals surface area contributed by atoms with Crippen LogP contribution in [0.1, 0.15) is 12.5 Å². The van der Waals surface area contributed by atoms with Crippen LogP contribution in [0.25, 0.3) is 0 Å². The summed E-state index contributed by atoms with van der Waals surface area (Å²) in [6.45, 7) is 3.05. The molecular weight excluding hydrogens is 228 g/mol. The van der Waals surface area contributed by atoms with Gasteiger partial charge in [0, 0.05) is 5.92 Å². The molecule has 2 aliphatic rings. The monoisotopic (exact) mass is 242 g/mol. The number of fused-ring (bicyclic) bond motifs is 8. The molecule has 0 amide bonds. The number of hydrogen-bond acceptors (Lipinski definition) is 4. The second kappa shape index (κ2) is 4.53. The van der Waals surface area contributed by atoms with Crippen LogP contribution in [0.2, 0.25) is 0 Å². The van der Waals surface area contributed by atoms with Gasteiger partial charge < -0.3 is 4.74 Å². The minimum Gasteiger partial charge on any atom is -0.376 e. The highest BCUT2D eigenvalue weighted by Crippen LogP contribution is 2.16. The van der Waals surface area contributed by atoms with Crippen molar-refractivity contribution in [2.45, 2.75) is 18.4 Å². The van der Waals surface area contributed by atoms with Gasteiger partial charge in [-0.25, -0.2) is 0 Å². The Morgan fingerprint density at radius 1 is 1.19 bits per heavy atom. The fourth-order valence-corrected chi connectivity index (χ4v) is 2.47. The van der Waals surface area contributed by atoms with Crippen LogP contribution in [-0.2, 0) is 25.6 Å². The van der Waals surface area contributed by atoms with E-state index in [0.29, 0.717) is 13.2 Å². The molecule has 1 unspecified atom stereocenters. The molecule has 5 heteroatoms. The summed E-state index contributed by atoms with van der Waals surface area (Å²) >= 11 is 0. The minimum atomic E-state index is -3.61. The quantitative estimate of drug-likeness (QED) is 0.648. The molecule has 3 rings (SSSR count). The molecule has 2 bridgehead atoms. The third-order valence-electron chi connectivity index (χ3n) is 2.39. The van der Waals surface area contributed by atoms with E-state index in [-0.39, 0.29) is 17.4 Å². The Balaban J connectivity index is 2.33. The summed E-state index contributed by atoms with van der Waals surface area (Å²) < 4.78 is 33.8. The fraction of sp³-hybridized carbons (Fsp3) is 0.455. The Bertz CT molecular complexity index is 449. The van der Waals surface area contributed by atoms with Crippen molar-refractivity contribution in [3.63, 3.8) is 0 Å². The van der Waals surface area contributed by atoms with Crippen molar-refractivity contribution in [1.82, 2.24) is 0 Å². The van der Waals surface area contributed by atoms with Gasteiger partial charge in [0.25, 0.3) is 10.1 Å². The van der Waals surface area contributed by atoms with Gasteiger partial charge in [-0.2, -0.15) is 8.42 Å². The zero-order valence-electron chi connectivity index (χ0n) is 9.05. The van der Waals surface area contributed by atoms with E-state index >= 15 is 0 Å². The number of benzene rings is 1. The molecule has 0 saturated carbocycles. The van der Waals surface area contributed by atoms with Crippen LogP contribution in [0.4, 0.5) is 0 Å². The first kappa shape index (κ1) is 11.6. The third kappa shape index (κ3) is 2.61. The van der Waals surface area contributed by atoms with E-state index in [0.717, 1.165) is 5.56 Å².